The first kappa shape index (κ1) is 19.0. The van der Waals surface area contributed by atoms with Crippen molar-refractivity contribution in [1.29, 1.82) is 0 Å². The minimum atomic E-state index is -0.846. The third-order valence-electron chi connectivity index (χ3n) is 6.06. The highest BCUT2D eigenvalue weighted by atomic mass is 19.1. The molecule has 1 fully saturated rings. The molecular weight excluding hydrogens is 353 g/mol. The summed E-state index contributed by atoms with van der Waals surface area (Å²) in [6.07, 6.45) is 3.17. The summed E-state index contributed by atoms with van der Waals surface area (Å²) in [7, 11) is 1.60. The Hall–Kier alpha value is -2.33. The second-order valence-electron chi connectivity index (χ2n) is 8.84. The molecule has 2 aromatic carbocycles. The Balaban J connectivity index is 1.65. The molecule has 1 heterocycles. The second-order valence-corrected chi connectivity index (χ2v) is 8.84. The van der Waals surface area contributed by atoms with Crippen LogP contribution in [-0.2, 0) is 11.8 Å². The van der Waals surface area contributed by atoms with Crippen molar-refractivity contribution >= 4 is 10.9 Å². The minimum Gasteiger partial charge on any atom is -0.496 e. The first-order valence-corrected chi connectivity index (χ1v) is 9.94. The Morgan fingerprint density at radius 1 is 1.14 bits per heavy atom. The van der Waals surface area contributed by atoms with Gasteiger partial charge < -0.3 is 14.8 Å². The molecule has 0 saturated heterocycles. The van der Waals surface area contributed by atoms with Crippen LogP contribution in [0.2, 0.25) is 0 Å². The van der Waals surface area contributed by atoms with Crippen molar-refractivity contribution in [3.63, 3.8) is 0 Å². The van der Waals surface area contributed by atoms with Crippen molar-refractivity contribution in [3.8, 4) is 5.75 Å². The number of H-pyrrole nitrogens is 1. The maximum Gasteiger partial charge on any atom is 0.123 e. The highest BCUT2D eigenvalue weighted by Crippen LogP contribution is 2.48. The summed E-state index contributed by atoms with van der Waals surface area (Å²) in [4.78, 5) is 3.45. The zero-order valence-corrected chi connectivity index (χ0v) is 16.8. The summed E-state index contributed by atoms with van der Waals surface area (Å²) >= 11 is 0. The number of rotatable bonds is 7. The molecule has 3 nitrogen and oxygen atoms in total. The fraction of sp³-hybridized carbons (Fsp3) is 0.417. The van der Waals surface area contributed by atoms with E-state index in [1.165, 1.54) is 12.1 Å². The summed E-state index contributed by atoms with van der Waals surface area (Å²) in [5.74, 6) is 0.655. The van der Waals surface area contributed by atoms with Crippen molar-refractivity contribution in [2.45, 2.75) is 50.5 Å². The van der Waals surface area contributed by atoms with Gasteiger partial charge in [-0.3, -0.25) is 0 Å². The van der Waals surface area contributed by atoms with E-state index in [0.29, 0.717) is 18.6 Å². The van der Waals surface area contributed by atoms with Gasteiger partial charge in [0.15, 0.2) is 0 Å². The molecular formula is C24H28FNO2. The molecule has 148 valence electrons. The SMILES string of the molecule is COc1ccc(F)cc1C(C)(C)CC(O)(Cc1cc2ccccc2[nH]1)C1CC1. The van der Waals surface area contributed by atoms with E-state index < -0.39 is 11.0 Å². The van der Waals surface area contributed by atoms with Crippen LogP contribution < -0.4 is 4.74 Å². The molecule has 0 radical (unpaired) electrons. The number of hydrogen-bond acceptors (Lipinski definition) is 2. The normalized spacial score (nSPS) is 16.9. The summed E-state index contributed by atoms with van der Waals surface area (Å²) < 4.78 is 19.4. The van der Waals surface area contributed by atoms with Crippen LogP contribution in [0.5, 0.6) is 5.75 Å². The van der Waals surface area contributed by atoms with Gasteiger partial charge in [0, 0.05) is 23.2 Å². The molecule has 0 spiro atoms. The van der Waals surface area contributed by atoms with Crippen LogP contribution in [0, 0.1) is 11.7 Å². The van der Waals surface area contributed by atoms with Crippen LogP contribution in [0.4, 0.5) is 4.39 Å². The van der Waals surface area contributed by atoms with E-state index in [2.05, 4.69) is 37.0 Å². The van der Waals surface area contributed by atoms with Crippen molar-refractivity contribution in [2.75, 3.05) is 7.11 Å². The Morgan fingerprint density at radius 3 is 2.57 bits per heavy atom. The monoisotopic (exact) mass is 381 g/mol. The molecule has 28 heavy (non-hydrogen) atoms. The lowest BCUT2D eigenvalue weighted by molar-refractivity contribution is -0.00893. The van der Waals surface area contributed by atoms with E-state index in [-0.39, 0.29) is 11.7 Å². The largest absolute Gasteiger partial charge is 0.496 e. The molecule has 0 aliphatic heterocycles. The van der Waals surface area contributed by atoms with Gasteiger partial charge in [-0.1, -0.05) is 32.0 Å². The zero-order valence-electron chi connectivity index (χ0n) is 16.8. The summed E-state index contributed by atoms with van der Waals surface area (Å²) in [5.41, 5.74) is 1.64. The van der Waals surface area contributed by atoms with E-state index in [1.54, 1.807) is 13.2 Å². The third-order valence-corrected chi connectivity index (χ3v) is 6.06. The van der Waals surface area contributed by atoms with Gasteiger partial charge in [0.2, 0.25) is 0 Å². The molecule has 1 aromatic heterocycles. The highest BCUT2D eigenvalue weighted by molar-refractivity contribution is 5.80. The number of methoxy groups -OCH3 is 1. The lowest BCUT2D eigenvalue weighted by atomic mass is 9.71. The predicted octanol–water partition coefficient (Wildman–Crippen LogP) is 5.37. The molecule has 1 atom stereocenters. The van der Waals surface area contributed by atoms with E-state index in [9.17, 15) is 9.50 Å². The maximum absolute atomic E-state index is 14.0. The van der Waals surface area contributed by atoms with E-state index in [4.69, 9.17) is 4.74 Å². The average Bonchev–Trinajstić information content (AvgIpc) is 3.43. The lowest BCUT2D eigenvalue weighted by Gasteiger charge is -2.37. The van der Waals surface area contributed by atoms with Gasteiger partial charge in [-0.05, 0) is 66.3 Å². The molecule has 0 bridgehead atoms. The summed E-state index contributed by atoms with van der Waals surface area (Å²) in [6.45, 7) is 4.12. The van der Waals surface area contributed by atoms with Gasteiger partial charge in [0.25, 0.3) is 0 Å². The quantitative estimate of drug-likeness (QED) is 0.578. The molecule has 1 aliphatic carbocycles. The van der Waals surface area contributed by atoms with Gasteiger partial charge in [-0.2, -0.15) is 0 Å². The molecule has 1 aliphatic rings. The number of aromatic amines is 1. The predicted molar refractivity (Wildman–Crippen MR) is 110 cm³/mol. The number of aliphatic hydroxyl groups is 1. The Bertz CT molecular complexity index is 956. The number of aromatic nitrogens is 1. The number of ether oxygens (including phenoxy) is 1. The maximum atomic E-state index is 14.0. The number of benzene rings is 2. The third kappa shape index (κ3) is 3.66. The van der Waals surface area contributed by atoms with Crippen LogP contribution in [0.1, 0.15) is 44.4 Å². The smallest absolute Gasteiger partial charge is 0.123 e. The molecule has 3 aromatic rings. The van der Waals surface area contributed by atoms with Crippen molar-refractivity contribution < 1.29 is 14.2 Å². The fourth-order valence-corrected chi connectivity index (χ4v) is 4.60. The van der Waals surface area contributed by atoms with Gasteiger partial charge in [0.05, 0.1) is 12.7 Å². The van der Waals surface area contributed by atoms with Crippen molar-refractivity contribution in [3.05, 3.63) is 65.6 Å². The molecule has 1 unspecified atom stereocenters. The van der Waals surface area contributed by atoms with Crippen LogP contribution in [0.25, 0.3) is 10.9 Å². The van der Waals surface area contributed by atoms with Crippen LogP contribution in [0.3, 0.4) is 0 Å². The van der Waals surface area contributed by atoms with E-state index in [0.717, 1.165) is 35.0 Å². The summed E-state index contributed by atoms with van der Waals surface area (Å²) in [5, 5.41) is 12.9. The lowest BCUT2D eigenvalue weighted by Crippen LogP contribution is -2.41. The Kier molecular flexibility index (Phi) is 4.70. The highest BCUT2D eigenvalue weighted by Gasteiger charge is 2.47. The second kappa shape index (κ2) is 6.93. The van der Waals surface area contributed by atoms with Crippen molar-refractivity contribution in [2.24, 2.45) is 5.92 Å². The minimum absolute atomic E-state index is 0.276. The summed E-state index contributed by atoms with van der Waals surface area (Å²) in [6, 6.07) is 14.9. The van der Waals surface area contributed by atoms with Crippen molar-refractivity contribution in [1.82, 2.24) is 4.98 Å². The molecule has 4 heteroatoms. The standard InChI is InChI=1S/C24H28FNO2/c1-23(2,20-13-18(25)10-11-22(20)28-3)15-24(27,17-8-9-17)14-19-12-16-6-4-5-7-21(16)26-19/h4-7,10-13,17,26-27H,8-9,14-15H2,1-3H3. The van der Waals surface area contributed by atoms with Crippen LogP contribution >= 0.6 is 0 Å². The fourth-order valence-electron chi connectivity index (χ4n) is 4.60. The number of halogens is 1. The molecule has 2 N–H and O–H groups in total. The number of hydrogen-bond donors (Lipinski definition) is 2. The van der Waals surface area contributed by atoms with Crippen LogP contribution in [-0.4, -0.2) is 22.8 Å². The van der Waals surface area contributed by atoms with E-state index >= 15 is 0 Å². The van der Waals surface area contributed by atoms with Crippen LogP contribution in [0.15, 0.2) is 48.5 Å². The van der Waals surface area contributed by atoms with Gasteiger partial charge in [0.1, 0.15) is 11.6 Å². The average molecular weight is 381 g/mol. The zero-order chi connectivity index (χ0) is 19.9. The topological polar surface area (TPSA) is 45.2 Å². The van der Waals surface area contributed by atoms with Gasteiger partial charge in [-0.15, -0.1) is 0 Å². The number of para-hydroxylation sites is 1. The first-order valence-electron chi connectivity index (χ1n) is 9.94. The van der Waals surface area contributed by atoms with Gasteiger partial charge in [-0.25, -0.2) is 4.39 Å². The number of fused-ring (bicyclic) bond motifs is 1. The van der Waals surface area contributed by atoms with E-state index in [1.807, 2.05) is 12.1 Å². The van der Waals surface area contributed by atoms with Gasteiger partial charge >= 0.3 is 0 Å². The number of nitrogens with one attached hydrogen (secondary N) is 1. The Morgan fingerprint density at radius 2 is 1.89 bits per heavy atom. The molecule has 0 amide bonds. The molecule has 1 saturated carbocycles. The first-order chi connectivity index (χ1) is 13.3. The Labute approximate surface area is 165 Å². The molecule has 4 rings (SSSR count).